The number of aliphatic hydroxyl groups excluding tert-OH is 1. The molecule has 15 heavy (non-hydrogen) atoms. The van der Waals surface area contributed by atoms with E-state index in [4.69, 9.17) is 9.84 Å². The van der Waals surface area contributed by atoms with Crippen LogP contribution in [0.15, 0.2) is 12.7 Å². The summed E-state index contributed by atoms with van der Waals surface area (Å²) < 4.78 is 5.09. The highest BCUT2D eigenvalue weighted by Gasteiger charge is 2.17. The molecule has 0 aromatic rings. The van der Waals surface area contributed by atoms with Gasteiger partial charge in [0.15, 0.2) is 0 Å². The number of carbonyl (C=O) groups is 1. The van der Waals surface area contributed by atoms with E-state index in [-0.39, 0.29) is 12.6 Å². The molecule has 0 bridgehead atoms. The van der Waals surface area contributed by atoms with Gasteiger partial charge in [0.05, 0.1) is 6.04 Å². The Morgan fingerprint density at radius 1 is 1.60 bits per heavy atom. The van der Waals surface area contributed by atoms with Crippen LogP contribution in [-0.2, 0) is 4.74 Å². The van der Waals surface area contributed by atoms with Crippen molar-refractivity contribution in [2.75, 3.05) is 6.61 Å². The topological polar surface area (TPSA) is 58.6 Å². The molecule has 2 N–H and O–H groups in total. The van der Waals surface area contributed by atoms with Crippen LogP contribution in [0.3, 0.4) is 0 Å². The number of amides is 1. The predicted octanol–water partition coefficient (Wildman–Crippen LogP) is 1.84. The molecule has 4 heteroatoms. The molecule has 88 valence electrons. The van der Waals surface area contributed by atoms with Gasteiger partial charge in [0.1, 0.15) is 5.60 Å². The summed E-state index contributed by atoms with van der Waals surface area (Å²) >= 11 is 0. The summed E-state index contributed by atoms with van der Waals surface area (Å²) in [5, 5.41) is 11.3. The molecule has 0 aliphatic rings. The maximum atomic E-state index is 11.3. The first kappa shape index (κ1) is 14.0. The molecule has 0 spiro atoms. The molecule has 0 rings (SSSR count). The van der Waals surface area contributed by atoms with Crippen molar-refractivity contribution in [2.24, 2.45) is 0 Å². The second-order valence-electron chi connectivity index (χ2n) is 4.35. The number of aliphatic hydroxyl groups is 1. The van der Waals surface area contributed by atoms with Crippen LogP contribution in [-0.4, -0.2) is 29.4 Å². The van der Waals surface area contributed by atoms with Gasteiger partial charge in [0.25, 0.3) is 0 Å². The minimum Gasteiger partial charge on any atom is -0.444 e. The molecule has 0 saturated heterocycles. The Kier molecular flexibility index (Phi) is 6.01. The molecule has 0 radical (unpaired) electrons. The molecular formula is C11H21NO3. The zero-order valence-electron chi connectivity index (χ0n) is 9.75. The maximum Gasteiger partial charge on any atom is 0.408 e. The smallest absolute Gasteiger partial charge is 0.408 e. The highest BCUT2D eigenvalue weighted by Crippen LogP contribution is 2.07. The minimum absolute atomic E-state index is 0.111. The zero-order valence-corrected chi connectivity index (χ0v) is 9.75. The lowest BCUT2D eigenvalue weighted by atomic mass is 10.1. The van der Waals surface area contributed by atoms with Crippen molar-refractivity contribution in [2.45, 2.75) is 45.3 Å². The van der Waals surface area contributed by atoms with Crippen molar-refractivity contribution >= 4 is 6.09 Å². The first-order valence-corrected chi connectivity index (χ1v) is 5.12. The molecule has 1 atom stereocenters. The molecule has 0 aromatic heterocycles. The Morgan fingerprint density at radius 2 is 2.20 bits per heavy atom. The summed E-state index contributed by atoms with van der Waals surface area (Å²) in [6.45, 7) is 9.15. The number of nitrogens with one attached hydrogen (secondary N) is 1. The molecule has 0 heterocycles. The van der Waals surface area contributed by atoms with E-state index in [1.807, 2.05) is 20.8 Å². The summed E-state index contributed by atoms with van der Waals surface area (Å²) in [5.41, 5.74) is -0.493. The molecule has 0 aliphatic heterocycles. The second-order valence-corrected chi connectivity index (χ2v) is 4.35. The molecular weight excluding hydrogens is 194 g/mol. The van der Waals surface area contributed by atoms with Crippen LogP contribution in [0, 0.1) is 0 Å². The van der Waals surface area contributed by atoms with Gasteiger partial charge in [-0.05, 0) is 33.6 Å². The van der Waals surface area contributed by atoms with Crippen LogP contribution in [0.4, 0.5) is 4.79 Å². The quantitative estimate of drug-likeness (QED) is 0.688. The average molecular weight is 215 g/mol. The number of hydrogen-bond acceptors (Lipinski definition) is 3. The molecule has 0 unspecified atom stereocenters. The third-order valence-corrected chi connectivity index (χ3v) is 1.66. The molecule has 0 fully saturated rings. The maximum absolute atomic E-state index is 11.3. The van der Waals surface area contributed by atoms with Crippen molar-refractivity contribution < 1.29 is 14.6 Å². The summed E-state index contributed by atoms with van der Waals surface area (Å²) in [6, 6.07) is -0.146. The van der Waals surface area contributed by atoms with Crippen LogP contribution in [0.2, 0.25) is 0 Å². The number of carbonyl (C=O) groups excluding carboxylic acids is 1. The van der Waals surface area contributed by atoms with Gasteiger partial charge < -0.3 is 15.2 Å². The van der Waals surface area contributed by atoms with Gasteiger partial charge >= 0.3 is 6.09 Å². The van der Waals surface area contributed by atoms with E-state index in [1.165, 1.54) is 0 Å². The third kappa shape index (κ3) is 8.00. The molecule has 4 nitrogen and oxygen atoms in total. The zero-order chi connectivity index (χ0) is 11.9. The fourth-order valence-electron chi connectivity index (χ4n) is 1.02. The van der Waals surface area contributed by atoms with Gasteiger partial charge in [-0.15, -0.1) is 6.58 Å². The number of ether oxygens (including phenoxy) is 1. The van der Waals surface area contributed by atoms with E-state index in [0.29, 0.717) is 12.8 Å². The first-order valence-electron chi connectivity index (χ1n) is 5.12. The Bertz CT molecular complexity index is 208. The Balaban J connectivity index is 3.96. The normalized spacial score (nSPS) is 13.1. The fourth-order valence-corrected chi connectivity index (χ4v) is 1.02. The summed E-state index contributed by atoms with van der Waals surface area (Å²) in [4.78, 5) is 11.3. The minimum atomic E-state index is -0.493. The van der Waals surface area contributed by atoms with E-state index in [0.717, 1.165) is 0 Å². The lowest BCUT2D eigenvalue weighted by Crippen LogP contribution is -2.38. The Hall–Kier alpha value is -1.03. The second kappa shape index (κ2) is 6.45. The monoisotopic (exact) mass is 215 g/mol. The van der Waals surface area contributed by atoms with Crippen LogP contribution >= 0.6 is 0 Å². The first-order chi connectivity index (χ1) is 6.89. The van der Waals surface area contributed by atoms with E-state index in [2.05, 4.69) is 11.9 Å². The third-order valence-electron chi connectivity index (χ3n) is 1.66. The number of rotatable bonds is 5. The van der Waals surface area contributed by atoms with Gasteiger partial charge in [0.2, 0.25) is 0 Å². The molecule has 0 aromatic carbocycles. The Morgan fingerprint density at radius 3 is 2.60 bits per heavy atom. The standard InChI is InChI=1S/C11H21NO3/c1-5-9(7-6-8-13)12-10(14)15-11(2,3)4/h5,9,13H,1,6-8H2,2-4H3,(H,12,14)/t9-/m1/s1. The van der Waals surface area contributed by atoms with E-state index < -0.39 is 11.7 Å². The van der Waals surface area contributed by atoms with Crippen LogP contribution in [0.1, 0.15) is 33.6 Å². The largest absolute Gasteiger partial charge is 0.444 e. The lowest BCUT2D eigenvalue weighted by molar-refractivity contribution is 0.0511. The summed E-state index contributed by atoms with van der Waals surface area (Å²) in [7, 11) is 0. The summed E-state index contributed by atoms with van der Waals surface area (Å²) in [5.74, 6) is 0. The highest BCUT2D eigenvalue weighted by atomic mass is 16.6. The van der Waals surface area contributed by atoms with Gasteiger partial charge in [-0.2, -0.15) is 0 Å². The predicted molar refractivity (Wildman–Crippen MR) is 59.7 cm³/mol. The van der Waals surface area contributed by atoms with Crippen LogP contribution in [0.25, 0.3) is 0 Å². The fraction of sp³-hybridized carbons (Fsp3) is 0.727. The lowest BCUT2D eigenvalue weighted by Gasteiger charge is -2.22. The van der Waals surface area contributed by atoms with Gasteiger partial charge in [-0.1, -0.05) is 6.08 Å². The van der Waals surface area contributed by atoms with Crippen molar-refractivity contribution in [3.05, 3.63) is 12.7 Å². The van der Waals surface area contributed by atoms with Crippen LogP contribution in [0.5, 0.6) is 0 Å². The SMILES string of the molecule is C=C[C@H](CCCO)NC(=O)OC(C)(C)C. The van der Waals surface area contributed by atoms with E-state index in [1.54, 1.807) is 6.08 Å². The van der Waals surface area contributed by atoms with Gasteiger partial charge in [0, 0.05) is 6.61 Å². The number of hydrogen-bond donors (Lipinski definition) is 2. The average Bonchev–Trinajstić information content (AvgIpc) is 2.09. The van der Waals surface area contributed by atoms with Crippen molar-refractivity contribution in [3.63, 3.8) is 0 Å². The molecule has 0 saturated carbocycles. The Labute approximate surface area is 91.3 Å². The summed E-state index contributed by atoms with van der Waals surface area (Å²) in [6.07, 6.45) is 2.48. The highest BCUT2D eigenvalue weighted by molar-refractivity contribution is 5.68. The van der Waals surface area contributed by atoms with Crippen LogP contribution < -0.4 is 5.32 Å². The van der Waals surface area contributed by atoms with Crippen molar-refractivity contribution in [1.29, 1.82) is 0 Å². The number of alkyl carbamates (subject to hydrolysis) is 1. The van der Waals surface area contributed by atoms with E-state index >= 15 is 0 Å². The van der Waals surface area contributed by atoms with Gasteiger partial charge in [-0.25, -0.2) is 4.79 Å². The van der Waals surface area contributed by atoms with Crippen molar-refractivity contribution in [1.82, 2.24) is 5.32 Å². The van der Waals surface area contributed by atoms with Gasteiger partial charge in [-0.3, -0.25) is 0 Å². The van der Waals surface area contributed by atoms with Crippen molar-refractivity contribution in [3.8, 4) is 0 Å². The van der Waals surface area contributed by atoms with E-state index in [9.17, 15) is 4.79 Å². The molecule has 1 amide bonds. The molecule has 0 aliphatic carbocycles.